The number of carboxylic acids is 1. The van der Waals surface area contributed by atoms with Crippen molar-refractivity contribution in [3.63, 3.8) is 0 Å². The second-order valence-corrected chi connectivity index (χ2v) is 6.05. The molecule has 0 unspecified atom stereocenters. The fraction of sp³-hybridized carbons (Fsp3) is 0.167. The number of hydrogen-bond acceptors (Lipinski definition) is 3. The van der Waals surface area contributed by atoms with E-state index in [1.165, 1.54) is 6.92 Å². The summed E-state index contributed by atoms with van der Waals surface area (Å²) in [6.07, 6.45) is 3.31. The van der Waals surface area contributed by atoms with Gasteiger partial charge in [0.25, 0.3) is 0 Å². The number of halogens is 1. The van der Waals surface area contributed by atoms with Crippen LogP contribution in [0.3, 0.4) is 0 Å². The smallest absolute Gasteiger partial charge is 0.323 e. The minimum absolute atomic E-state index is 0.110. The van der Waals surface area contributed by atoms with Crippen molar-refractivity contribution in [3.05, 3.63) is 52.9 Å². The van der Waals surface area contributed by atoms with Gasteiger partial charge in [-0.15, -0.1) is 0 Å². The van der Waals surface area contributed by atoms with Crippen molar-refractivity contribution in [1.82, 2.24) is 9.55 Å². The van der Waals surface area contributed by atoms with E-state index >= 15 is 0 Å². The molecule has 0 aliphatic heterocycles. The highest BCUT2D eigenvalue weighted by atomic mass is 35.5. The first-order valence-electron chi connectivity index (χ1n) is 7.35. The number of benzene rings is 1. The predicted octanol–water partition coefficient (Wildman–Crippen LogP) is 3.95. The molecule has 1 aromatic carbocycles. The van der Waals surface area contributed by atoms with Gasteiger partial charge in [0.1, 0.15) is 6.54 Å². The zero-order chi connectivity index (χ0) is 17.4. The standard InChI is InChI=1S/C18H15ClN2O3/c1-10-16(19)6-13(7-20-10)12-3-4-17-14(5-12)15(11(2)22)8-21(17)9-18(23)24/h3-8H,9H2,1-2H3,(H,23,24). The maximum atomic E-state index is 11.9. The SMILES string of the molecule is CC(=O)c1cn(CC(=O)O)c2ccc(-c3cnc(C)c(Cl)c3)cc12. The van der Waals surface area contributed by atoms with Crippen molar-refractivity contribution in [2.45, 2.75) is 20.4 Å². The third-order valence-electron chi connectivity index (χ3n) is 3.92. The zero-order valence-corrected chi connectivity index (χ0v) is 14.0. The van der Waals surface area contributed by atoms with E-state index in [2.05, 4.69) is 4.98 Å². The average molecular weight is 343 g/mol. The van der Waals surface area contributed by atoms with E-state index in [1.54, 1.807) is 17.0 Å². The summed E-state index contributed by atoms with van der Waals surface area (Å²) in [7, 11) is 0. The lowest BCUT2D eigenvalue weighted by molar-refractivity contribution is -0.137. The maximum Gasteiger partial charge on any atom is 0.323 e. The number of pyridine rings is 1. The van der Waals surface area contributed by atoms with Gasteiger partial charge in [0.15, 0.2) is 5.78 Å². The number of ketones is 1. The van der Waals surface area contributed by atoms with Gasteiger partial charge < -0.3 is 9.67 Å². The molecule has 1 N–H and O–H groups in total. The fourth-order valence-corrected chi connectivity index (χ4v) is 2.86. The Bertz CT molecular complexity index is 976. The summed E-state index contributed by atoms with van der Waals surface area (Å²) in [4.78, 5) is 27.2. The Morgan fingerprint density at radius 1 is 1.25 bits per heavy atom. The summed E-state index contributed by atoms with van der Waals surface area (Å²) in [5, 5.41) is 10.3. The maximum absolute atomic E-state index is 11.9. The van der Waals surface area contributed by atoms with E-state index in [-0.39, 0.29) is 12.3 Å². The van der Waals surface area contributed by atoms with Crippen molar-refractivity contribution >= 4 is 34.3 Å². The van der Waals surface area contributed by atoms with E-state index in [9.17, 15) is 9.59 Å². The first kappa shape index (κ1) is 16.2. The number of Topliss-reactive ketones (excluding diaryl/α,β-unsaturated/α-hetero) is 1. The van der Waals surface area contributed by atoms with Gasteiger partial charge in [-0.05, 0) is 37.6 Å². The largest absolute Gasteiger partial charge is 0.480 e. The number of rotatable bonds is 4. The number of aromatic nitrogens is 2. The van der Waals surface area contributed by atoms with Crippen LogP contribution in [0.2, 0.25) is 5.02 Å². The Labute approximate surface area is 143 Å². The van der Waals surface area contributed by atoms with Gasteiger partial charge in [-0.25, -0.2) is 0 Å². The van der Waals surface area contributed by atoms with Crippen molar-refractivity contribution in [2.75, 3.05) is 0 Å². The third-order valence-corrected chi connectivity index (χ3v) is 4.31. The number of carbonyl (C=O) groups excluding carboxylic acids is 1. The Kier molecular flexibility index (Phi) is 4.11. The van der Waals surface area contributed by atoms with Crippen LogP contribution >= 0.6 is 11.6 Å². The molecule has 0 saturated heterocycles. The molecule has 6 heteroatoms. The molecule has 3 rings (SSSR count). The van der Waals surface area contributed by atoms with Crippen molar-refractivity contribution < 1.29 is 14.7 Å². The molecule has 0 spiro atoms. The fourth-order valence-electron chi connectivity index (χ4n) is 2.70. The molecule has 5 nitrogen and oxygen atoms in total. The van der Waals surface area contributed by atoms with Crippen LogP contribution in [-0.2, 0) is 11.3 Å². The summed E-state index contributed by atoms with van der Waals surface area (Å²) in [5.74, 6) is -1.07. The van der Waals surface area contributed by atoms with Crippen LogP contribution in [0.1, 0.15) is 23.0 Å². The molecule has 0 atom stereocenters. The van der Waals surface area contributed by atoms with Crippen LogP contribution in [0.4, 0.5) is 0 Å². The highest BCUT2D eigenvalue weighted by Gasteiger charge is 2.15. The number of aryl methyl sites for hydroxylation is 1. The number of carboxylic acid groups (broad SMARTS) is 1. The molecule has 0 saturated carbocycles. The van der Waals surface area contributed by atoms with E-state index in [4.69, 9.17) is 16.7 Å². The summed E-state index contributed by atoms with van der Waals surface area (Å²) >= 11 is 6.14. The number of hydrogen-bond donors (Lipinski definition) is 1. The van der Waals surface area contributed by atoms with E-state index in [1.807, 2.05) is 31.2 Å². The second-order valence-electron chi connectivity index (χ2n) is 5.64. The summed E-state index contributed by atoms with van der Waals surface area (Å²) in [6.45, 7) is 3.10. The molecule has 24 heavy (non-hydrogen) atoms. The highest BCUT2D eigenvalue weighted by molar-refractivity contribution is 6.31. The Morgan fingerprint density at radius 3 is 2.62 bits per heavy atom. The van der Waals surface area contributed by atoms with Gasteiger partial charge in [-0.2, -0.15) is 0 Å². The minimum Gasteiger partial charge on any atom is -0.480 e. The van der Waals surface area contributed by atoms with Gasteiger partial charge in [0, 0.05) is 34.4 Å². The average Bonchev–Trinajstić information content (AvgIpc) is 2.87. The summed E-state index contributed by atoms with van der Waals surface area (Å²) < 4.78 is 1.57. The lowest BCUT2D eigenvalue weighted by Crippen LogP contribution is -2.07. The normalized spacial score (nSPS) is 11.0. The van der Waals surface area contributed by atoms with Gasteiger partial charge in [0.2, 0.25) is 0 Å². The highest BCUT2D eigenvalue weighted by Crippen LogP contribution is 2.30. The van der Waals surface area contributed by atoms with Crippen LogP contribution in [0.5, 0.6) is 0 Å². The van der Waals surface area contributed by atoms with E-state index in [0.717, 1.165) is 22.2 Å². The van der Waals surface area contributed by atoms with Gasteiger partial charge in [-0.3, -0.25) is 14.6 Å². The molecule has 0 bridgehead atoms. The van der Waals surface area contributed by atoms with Gasteiger partial charge in [0.05, 0.1) is 10.7 Å². The first-order valence-corrected chi connectivity index (χ1v) is 7.72. The van der Waals surface area contributed by atoms with Crippen LogP contribution in [0.15, 0.2) is 36.7 Å². The molecule has 0 amide bonds. The van der Waals surface area contributed by atoms with Gasteiger partial charge in [-0.1, -0.05) is 17.7 Å². The quantitative estimate of drug-likeness (QED) is 0.728. The lowest BCUT2D eigenvalue weighted by atomic mass is 10.0. The monoisotopic (exact) mass is 342 g/mol. The topological polar surface area (TPSA) is 72.2 Å². The number of aliphatic carboxylic acids is 1. The molecule has 122 valence electrons. The Hall–Kier alpha value is -2.66. The van der Waals surface area contributed by atoms with Crippen LogP contribution in [0, 0.1) is 6.92 Å². The Balaban J connectivity index is 2.19. The summed E-state index contributed by atoms with van der Waals surface area (Å²) in [5.41, 5.74) is 3.66. The zero-order valence-electron chi connectivity index (χ0n) is 13.2. The van der Waals surface area contributed by atoms with Crippen molar-refractivity contribution in [2.24, 2.45) is 0 Å². The molecule has 0 aliphatic rings. The van der Waals surface area contributed by atoms with E-state index < -0.39 is 5.97 Å². The first-order chi connectivity index (χ1) is 11.4. The summed E-state index contributed by atoms with van der Waals surface area (Å²) in [6, 6.07) is 7.38. The van der Waals surface area contributed by atoms with Crippen LogP contribution in [-0.4, -0.2) is 26.4 Å². The van der Waals surface area contributed by atoms with Crippen LogP contribution in [0.25, 0.3) is 22.0 Å². The lowest BCUT2D eigenvalue weighted by Gasteiger charge is -2.06. The van der Waals surface area contributed by atoms with Crippen molar-refractivity contribution in [3.8, 4) is 11.1 Å². The molecular formula is C18H15ClN2O3. The molecule has 0 aliphatic carbocycles. The molecule has 0 fully saturated rings. The number of nitrogens with zero attached hydrogens (tertiary/aromatic N) is 2. The third kappa shape index (κ3) is 2.90. The molecular weight excluding hydrogens is 328 g/mol. The molecule has 2 aromatic heterocycles. The predicted molar refractivity (Wildman–Crippen MR) is 92.6 cm³/mol. The van der Waals surface area contributed by atoms with E-state index in [0.29, 0.717) is 16.1 Å². The number of fused-ring (bicyclic) bond motifs is 1. The van der Waals surface area contributed by atoms with Crippen molar-refractivity contribution in [1.29, 1.82) is 0 Å². The van der Waals surface area contributed by atoms with Gasteiger partial charge >= 0.3 is 5.97 Å². The molecule has 3 aromatic rings. The second kappa shape index (κ2) is 6.09. The Morgan fingerprint density at radius 2 is 2.00 bits per heavy atom. The molecule has 0 radical (unpaired) electrons. The van der Waals surface area contributed by atoms with Crippen LogP contribution < -0.4 is 0 Å². The number of carbonyl (C=O) groups is 2. The minimum atomic E-state index is -0.958. The molecule has 2 heterocycles.